The highest BCUT2D eigenvalue weighted by atomic mass is 16.6. The van der Waals surface area contributed by atoms with Gasteiger partial charge >= 0.3 is 0 Å². The van der Waals surface area contributed by atoms with Crippen molar-refractivity contribution in [2.24, 2.45) is 5.73 Å². The van der Waals surface area contributed by atoms with Gasteiger partial charge in [0.25, 0.3) is 5.69 Å². The molecule has 3 N–H and O–H groups in total. The standard InChI is InChI=1S/C11H17N3O2/c1-7-6-10(13-9(3)8(2)12)4-5-11(7)14(15)16/h4-6,8-9,13H,12H2,1-3H3. The van der Waals surface area contributed by atoms with Gasteiger partial charge in [0.05, 0.1) is 4.92 Å². The van der Waals surface area contributed by atoms with Crippen molar-refractivity contribution in [1.82, 2.24) is 0 Å². The van der Waals surface area contributed by atoms with Crippen LogP contribution >= 0.6 is 0 Å². The van der Waals surface area contributed by atoms with E-state index in [9.17, 15) is 10.1 Å². The van der Waals surface area contributed by atoms with Crippen molar-refractivity contribution in [1.29, 1.82) is 0 Å². The smallest absolute Gasteiger partial charge is 0.272 e. The van der Waals surface area contributed by atoms with E-state index in [0.29, 0.717) is 5.56 Å². The molecule has 16 heavy (non-hydrogen) atoms. The van der Waals surface area contributed by atoms with Crippen LogP contribution in [-0.2, 0) is 0 Å². The highest BCUT2D eigenvalue weighted by molar-refractivity contribution is 5.54. The zero-order chi connectivity index (χ0) is 12.3. The Morgan fingerprint density at radius 1 is 1.44 bits per heavy atom. The molecule has 0 aliphatic heterocycles. The third-order valence-electron chi connectivity index (χ3n) is 2.58. The number of anilines is 1. The van der Waals surface area contributed by atoms with Crippen LogP contribution in [0.1, 0.15) is 19.4 Å². The molecule has 0 fully saturated rings. The number of nitrogens with zero attached hydrogens (tertiary/aromatic N) is 1. The summed E-state index contributed by atoms with van der Waals surface area (Å²) in [6.45, 7) is 5.61. The number of rotatable bonds is 4. The van der Waals surface area contributed by atoms with Gasteiger partial charge in [-0.3, -0.25) is 10.1 Å². The minimum absolute atomic E-state index is 0.0236. The van der Waals surface area contributed by atoms with Gasteiger partial charge in [0.2, 0.25) is 0 Å². The number of nitrogens with one attached hydrogen (secondary N) is 1. The van der Waals surface area contributed by atoms with Crippen LogP contribution in [0.2, 0.25) is 0 Å². The van der Waals surface area contributed by atoms with Crippen molar-refractivity contribution in [2.45, 2.75) is 32.9 Å². The second-order valence-electron chi connectivity index (χ2n) is 4.05. The number of nitrogens with two attached hydrogens (primary N) is 1. The fraction of sp³-hybridized carbons (Fsp3) is 0.455. The molecule has 0 radical (unpaired) electrons. The number of hydrogen-bond acceptors (Lipinski definition) is 4. The lowest BCUT2D eigenvalue weighted by Gasteiger charge is -2.18. The predicted molar refractivity (Wildman–Crippen MR) is 64.6 cm³/mol. The average Bonchev–Trinajstić information content (AvgIpc) is 2.16. The van der Waals surface area contributed by atoms with E-state index in [2.05, 4.69) is 5.32 Å². The van der Waals surface area contributed by atoms with Crippen LogP contribution in [0.5, 0.6) is 0 Å². The van der Waals surface area contributed by atoms with Crippen molar-refractivity contribution in [3.05, 3.63) is 33.9 Å². The third kappa shape index (κ3) is 2.93. The molecule has 1 aromatic carbocycles. The van der Waals surface area contributed by atoms with Gasteiger partial charge in [0, 0.05) is 29.4 Å². The summed E-state index contributed by atoms with van der Waals surface area (Å²) >= 11 is 0. The van der Waals surface area contributed by atoms with Crippen molar-refractivity contribution >= 4 is 11.4 Å². The van der Waals surface area contributed by atoms with E-state index >= 15 is 0 Å². The molecular formula is C11H17N3O2. The first-order chi connectivity index (χ1) is 7.41. The van der Waals surface area contributed by atoms with Gasteiger partial charge in [-0.1, -0.05) is 0 Å². The first kappa shape index (κ1) is 12.4. The molecule has 0 spiro atoms. The van der Waals surface area contributed by atoms with Crippen molar-refractivity contribution in [2.75, 3.05) is 5.32 Å². The van der Waals surface area contributed by atoms with E-state index < -0.39 is 0 Å². The summed E-state index contributed by atoms with van der Waals surface area (Å²) in [5.74, 6) is 0. The van der Waals surface area contributed by atoms with E-state index in [4.69, 9.17) is 5.73 Å². The average molecular weight is 223 g/mol. The molecule has 1 aromatic rings. The molecule has 2 unspecified atom stereocenters. The number of benzene rings is 1. The van der Waals surface area contributed by atoms with Crippen LogP contribution in [0, 0.1) is 17.0 Å². The summed E-state index contributed by atoms with van der Waals surface area (Å²) in [7, 11) is 0. The fourth-order valence-electron chi connectivity index (χ4n) is 1.34. The molecule has 0 bridgehead atoms. The van der Waals surface area contributed by atoms with Gasteiger partial charge in [-0.15, -0.1) is 0 Å². The van der Waals surface area contributed by atoms with Gasteiger partial charge in [-0.25, -0.2) is 0 Å². The van der Waals surface area contributed by atoms with Gasteiger partial charge < -0.3 is 11.1 Å². The molecule has 1 rings (SSSR count). The maximum atomic E-state index is 10.6. The molecule has 0 aliphatic rings. The van der Waals surface area contributed by atoms with E-state index in [1.54, 1.807) is 19.1 Å². The first-order valence-corrected chi connectivity index (χ1v) is 5.19. The number of nitro groups is 1. The Labute approximate surface area is 94.8 Å². The summed E-state index contributed by atoms with van der Waals surface area (Å²) < 4.78 is 0. The van der Waals surface area contributed by atoms with Crippen molar-refractivity contribution in [3.8, 4) is 0 Å². The first-order valence-electron chi connectivity index (χ1n) is 5.19. The fourth-order valence-corrected chi connectivity index (χ4v) is 1.34. The van der Waals surface area contributed by atoms with Crippen molar-refractivity contribution in [3.63, 3.8) is 0 Å². The summed E-state index contributed by atoms with van der Waals surface area (Å²) in [5, 5.41) is 13.8. The van der Waals surface area contributed by atoms with Crippen LogP contribution in [-0.4, -0.2) is 17.0 Å². The van der Waals surface area contributed by atoms with Crippen LogP contribution in [0.4, 0.5) is 11.4 Å². The largest absolute Gasteiger partial charge is 0.381 e. The van der Waals surface area contributed by atoms with E-state index in [1.165, 1.54) is 6.07 Å². The SMILES string of the molecule is Cc1cc(NC(C)C(C)N)ccc1[N+](=O)[O-]. The molecule has 0 saturated heterocycles. The second kappa shape index (κ2) is 4.94. The third-order valence-corrected chi connectivity index (χ3v) is 2.58. The predicted octanol–water partition coefficient (Wildman–Crippen LogP) is 2.05. The summed E-state index contributed by atoms with van der Waals surface area (Å²) in [6, 6.07) is 5.11. The minimum Gasteiger partial charge on any atom is -0.381 e. The van der Waals surface area contributed by atoms with E-state index in [1.807, 2.05) is 13.8 Å². The highest BCUT2D eigenvalue weighted by Crippen LogP contribution is 2.22. The molecule has 0 saturated carbocycles. The molecule has 0 heterocycles. The van der Waals surface area contributed by atoms with Crippen LogP contribution in [0.15, 0.2) is 18.2 Å². The molecule has 2 atom stereocenters. The van der Waals surface area contributed by atoms with Crippen LogP contribution in [0.3, 0.4) is 0 Å². The summed E-state index contributed by atoms with van der Waals surface area (Å²) in [6.07, 6.45) is 0. The Bertz CT molecular complexity index is 391. The molecule has 5 heteroatoms. The minimum atomic E-state index is -0.381. The van der Waals surface area contributed by atoms with Gasteiger partial charge in [-0.2, -0.15) is 0 Å². The lowest BCUT2D eigenvalue weighted by Crippen LogP contribution is -2.35. The lowest BCUT2D eigenvalue weighted by molar-refractivity contribution is -0.385. The van der Waals surface area contributed by atoms with Crippen LogP contribution < -0.4 is 11.1 Å². The summed E-state index contributed by atoms with van der Waals surface area (Å²) in [5.41, 5.74) is 7.37. The Morgan fingerprint density at radius 3 is 2.50 bits per heavy atom. The Hall–Kier alpha value is -1.62. The molecule has 0 aromatic heterocycles. The number of aryl methyl sites for hydroxylation is 1. The Kier molecular flexibility index (Phi) is 3.84. The van der Waals surface area contributed by atoms with Gasteiger partial charge in [0.15, 0.2) is 0 Å². The maximum absolute atomic E-state index is 10.6. The normalized spacial score (nSPS) is 14.2. The maximum Gasteiger partial charge on any atom is 0.272 e. The second-order valence-corrected chi connectivity index (χ2v) is 4.05. The molecule has 5 nitrogen and oxygen atoms in total. The zero-order valence-corrected chi connectivity index (χ0v) is 9.73. The highest BCUT2D eigenvalue weighted by Gasteiger charge is 2.12. The Morgan fingerprint density at radius 2 is 2.06 bits per heavy atom. The molecular weight excluding hydrogens is 206 g/mol. The molecule has 0 amide bonds. The summed E-state index contributed by atoms with van der Waals surface area (Å²) in [4.78, 5) is 10.2. The van der Waals surface area contributed by atoms with Gasteiger partial charge in [-0.05, 0) is 32.9 Å². The monoisotopic (exact) mass is 223 g/mol. The topological polar surface area (TPSA) is 81.2 Å². The van der Waals surface area contributed by atoms with Gasteiger partial charge in [0.1, 0.15) is 0 Å². The Balaban J connectivity index is 2.85. The molecule has 0 aliphatic carbocycles. The zero-order valence-electron chi connectivity index (χ0n) is 9.73. The number of hydrogen-bond donors (Lipinski definition) is 2. The quantitative estimate of drug-likeness (QED) is 0.604. The van der Waals surface area contributed by atoms with E-state index in [-0.39, 0.29) is 22.7 Å². The number of nitro benzene ring substituents is 1. The lowest BCUT2D eigenvalue weighted by atomic mass is 10.1. The van der Waals surface area contributed by atoms with Crippen LogP contribution in [0.25, 0.3) is 0 Å². The van der Waals surface area contributed by atoms with Crippen molar-refractivity contribution < 1.29 is 4.92 Å². The van der Waals surface area contributed by atoms with E-state index in [0.717, 1.165) is 5.69 Å². The molecule has 88 valence electrons.